The van der Waals surface area contributed by atoms with E-state index in [1.165, 1.54) is 0 Å². The average Bonchev–Trinajstić information content (AvgIpc) is 2.41. The average molecular weight is 342 g/mol. The molecule has 20 heavy (non-hydrogen) atoms. The molecule has 1 aromatic rings. The molecule has 0 saturated carbocycles. The number of anilines is 2. The predicted octanol–water partition coefficient (Wildman–Crippen LogP) is 3.22. The van der Waals surface area contributed by atoms with Crippen LogP contribution in [-0.4, -0.2) is 26.5 Å². The molecule has 0 saturated heterocycles. The van der Waals surface area contributed by atoms with Crippen molar-refractivity contribution in [2.24, 2.45) is 11.1 Å². The lowest BCUT2D eigenvalue weighted by Gasteiger charge is -2.29. The van der Waals surface area contributed by atoms with Crippen LogP contribution >= 0.6 is 15.9 Å². The number of carbonyl (C=O) groups is 1. The van der Waals surface area contributed by atoms with Crippen LogP contribution in [0.15, 0.2) is 22.7 Å². The van der Waals surface area contributed by atoms with Gasteiger partial charge in [0.25, 0.3) is 0 Å². The molecule has 5 heteroatoms. The Balaban J connectivity index is 3.09. The van der Waals surface area contributed by atoms with Crippen LogP contribution in [0.2, 0.25) is 0 Å². The highest BCUT2D eigenvalue weighted by Crippen LogP contribution is 2.32. The van der Waals surface area contributed by atoms with E-state index in [4.69, 9.17) is 5.73 Å². The minimum atomic E-state index is -0.494. The predicted molar refractivity (Wildman–Crippen MR) is 89.2 cm³/mol. The maximum atomic E-state index is 12.6. The molecule has 0 atom stereocenters. The van der Waals surface area contributed by atoms with Crippen molar-refractivity contribution >= 4 is 33.2 Å². The second kappa shape index (κ2) is 7.09. The quantitative estimate of drug-likeness (QED) is 0.835. The molecular weight excluding hydrogens is 318 g/mol. The number of benzene rings is 1. The van der Waals surface area contributed by atoms with Gasteiger partial charge in [-0.2, -0.15) is 0 Å². The molecule has 0 spiro atoms. The van der Waals surface area contributed by atoms with E-state index in [0.29, 0.717) is 6.54 Å². The van der Waals surface area contributed by atoms with Gasteiger partial charge in [-0.1, -0.05) is 29.8 Å². The van der Waals surface area contributed by atoms with Gasteiger partial charge in [-0.3, -0.25) is 4.79 Å². The van der Waals surface area contributed by atoms with Gasteiger partial charge in [0.2, 0.25) is 5.91 Å². The van der Waals surface area contributed by atoms with E-state index < -0.39 is 5.41 Å². The number of nitrogens with one attached hydrogen (secondary N) is 1. The van der Waals surface area contributed by atoms with Crippen LogP contribution < -0.4 is 16.0 Å². The number of rotatable bonds is 6. The molecule has 0 bridgehead atoms. The molecule has 0 aliphatic carbocycles. The molecule has 1 amide bonds. The number of nitrogens with zero attached hydrogens (tertiary/aromatic N) is 1. The Kier molecular flexibility index (Phi) is 6.02. The van der Waals surface area contributed by atoms with Gasteiger partial charge in [0.05, 0.1) is 16.8 Å². The molecule has 0 fully saturated rings. The topological polar surface area (TPSA) is 58.4 Å². The summed E-state index contributed by atoms with van der Waals surface area (Å²) in [6, 6.07) is 5.85. The first-order chi connectivity index (χ1) is 9.40. The van der Waals surface area contributed by atoms with Crippen LogP contribution in [-0.2, 0) is 4.79 Å². The fourth-order valence-corrected chi connectivity index (χ4v) is 2.57. The maximum absolute atomic E-state index is 12.6. The normalized spacial score (nSPS) is 11.3. The van der Waals surface area contributed by atoms with Gasteiger partial charge in [-0.15, -0.1) is 0 Å². The van der Waals surface area contributed by atoms with E-state index in [-0.39, 0.29) is 5.91 Å². The minimum absolute atomic E-state index is 0.00815. The van der Waals surface area contributed by atoms with Crippen molar-refractivity contribution in [2.75, 3.05) is 30.9 Å². The summed E-state index contributed by atoms with van der Waals surface area (Å²) in [7, 11) is 3.91. The lowest BCUT2D eigenvalue weighted by Crippen LogP contribution is -2.41. The summed E-state index contributed by atoms with van der Waals surface area (Å²) < 4.78 is 0.935. The zero-order chi connectivity index (χ0) is 15.3. The number of carbonyl (C=O) groups excluding carboxylic acids is 1. The Labute approximate surface area is 129 Å². The van der Waals surface area contributed by atoms with Crippen LogP contribution in [0.5, 0.6) is 0 Å². The van der Waals surface area contributed by atoms with E-state index in [2.05, 4.69) is 21.2 Å². The van der Waals surface area contributed by atoms with E-state index in [9.17, 15) is 4.79 Å². The molecule has 0 heterocycles. The third-order valence-corrected chi connectivity index (χ3v) is 4.41. The summed E-state index contributed by atoms with van der Waals surface area (Å²) in [4.78, 5) is 14.6. The molecular formula is C15H24BrN3O. The van der Waals surface area contributed by atoms with Crippen molar-refractivity contribution in [1.82, 2.24) is 0 Å². The van der Waals surface area contributed by atoms with Gasteiger partial charge in [0.15, 0.2) is 0 Å². The number of hydrogen-bond acceptors (Lipinski definition) is 3. The Bertz CT molecular complexity index is 462. The smallest absolute Gasteiger partial charge is 0.231 e. The van der Waals surface area contributed by atoms with Gasteiger partial charge in [-0.25, -0.2) is 0 Å². The van der Waals surface area contributed by atoms with Crippen molar-refractivity contribution < 1.29 is 4.79 Å². The molecule has 0 aromatic heterocycles. The van der Waals surface area contributed by atoms with E-state index in [1.54, 1.807) is 0 Å². The third-order valence-electron chi connectivity index (χ3n) is 3.91. The number of amides is 1. The molecule has 0 radical (unpaired) electrons. The Morgan fingerprint density at radius 1 is 1.35 bits per heavy atom. The van der Waals surface area contributed by atoms with Gasteiger partial charge in [0.1, 0.15) is 0 Å². The first-order valence-corrected chi connectivity index (χ1v) is 7.68. The van der Waals surface area contributed by atoms with E-state index in [0.717, 1.165) is 28.7 Å². The molecule has 0 unspecified atom stereocenters. The molecule has 0 aliphatic heterocycles. The monoisotopic (exact) mass is 341 g/mol. The van der Waals surface area contributed by atoms with Gasteiger partial charge in [0, 0.05) is 25.1 Å². The molecule has 4 nitrogen and oxygen atoms in total. The van der Waals surface area contributed by atoms with Crippen LogP contribution in [0.25, 0.3) is 0 Å². The first-order valence-electron chi connectivity index (χ1n) is 6.88. The van der Waals surface area contributed by atoms with Crippen LogP contribution in [0.3, 0.4) is 0 Å². The first kappa shape index (κ1) is 17.0. The van der Waals surface area contributed by atoms with Gasteiger partial charge in [-0.05, 0) is 31.0 Å². The van der Waals surface area contributed by atoms with Crippen LogP contribution in [0.1, 0.15) is 26.7 Å². The fraction of sp³-hybridized carbons (Fsp3) is 0.533. The molecule has 1 rings (SSSR count). The zero-order valence-electron chi connectivity index (χ0n) is 12.7. The number of halogens is 1. The van der Waals surface area contributed by atoms with Gasteiger partial charge < -0.3 is 16.0 Å². The van der Waals surface area contributed by atoms with Crippen molar-refractivity contribution in [2.45, 2.75) is 26.7 Å². The maximum Gasteiger partial charge on any atom is 0.231 e. The summed E-state index contributed by atoms with van der Waals surface area (Å²) in [5.41, 5.74) is 7.11. The van der Waals surface area contributed by atoms with Crippen LogP contribution in [0.4, 0.5) is 11.4 Å². The molecule has 1 aromatic carbocycles. The summed E-state index contributed by atoms with van der Waals surface area (Å²) >= 11 is 3.44. The second-order valence-electron chi connectivity index (χ2n) is 5.20. The lowest BCUT2D eigenvalue weighted by molar-refractivity contribution is -0.125. The highest BCUT2D eigenvalue weighted by atomic mass is 79.9. The third kappa shape index (κ3) is 3.52. The lowest BCUT2D eigenvalue weighted by atomic mass is 9.81. The molecule has 3 N–H and O–H groups in total. The van der Waals surface area contributed by atoms with Crippen LogP contribution in [0, 0.1) is 5.41 Å². The largest absolute Gasteiger partial charge is 0.376 e. The van der Waals surface area contributed by atoms with Crippen molar-refractivity contribution in [3.63, 3.8) is 0 Å². The van der Waals surface area contributed by atoms with Gasteiger partial charge >= 0.3 is 0 Å². The van der Waals surface area contributed by atoms with Crippen molar-refractivity contribution in [3.8, 4) is 0 Å². The minimum Gasteiger partial charge on any atom is -0.376 e. The summed E-state index contributed by atoms with van der Waals surface area (Å²) in [6.45, 7) is 4.37. The zero-order valence-corrected chi connectivity index (χ0v) is 14.3. The van der Waals surface area contributed by atoms with E-state index >= 15 is 0 Å². The molecule has 112 valence electrons. The highest BCUT2D eigenvalue weighted by molar-refractivity contribution is 9.10. The number of hydrogen-bond donors (Lipinski definition) is 2. The summed E-state index contributed by atoms with van der Waals surface area (Å²) in [5.74, 6) is -0.00815. The Hall–Kier alpha value is -1.07. The fourth-order valence-electron chi connectivity index (χ4n) is 2.21. The second-order valence-corrected chi connectivity index (χ2v) is 6.12. The standard InChI is InChI=1S/C15H24BrN3O/c1-5-15(6-2,10-17)14(20)18-12-9-11(16)7-8-13(12)19(3)4/h7-9H,5-6,10,17H2,1-4H3,(H,18,20). The molecule has 0 aliphatic rings. The summed E-state index contributed by atoms with van der Waals surface area (Å²) in [6.07, 6.45) is 1.47. The van der Waals surface area contributed by atoms with Crippen molar-refractivity contribution in [3.05, 3.63) is 22.7 Å². The summed E-state index contributed by atoms with van der Waals surface area (Å²) in [5, 5.41) is 3.04. The highest BCUT2D eigenvalue weighted by Gasteiger charge is 2.33. The number of nitrogens with two attached hydrogens (primary N) is 1. The van der Waals surface area contributed by atoms with Crippen molar-refractivity contribution in [1.29, 1.82) is 0 Å². The SMILES string of the molecule is CCC(CC)(CN)C(=O)Nc1cc(Br)ccc1N(C)C. The Morgan fingerprint density at radius 3 is 2.40 bits per heavy atom. The van der Waals surface area contributed by atoms with E-state index in [1.807, 2.05) is 51.0 Å². The Morgan fingerprint density at radius 2 is 1.95 bits per heavy atom.